The van der Waals surface area contributed by atoms with Crippen LogP contribution in [0.3, 0.4) is 0 Å². The van der Waals surface area contributed by atoms with E-state index >= 15 is 0 Å². The standard InChI is InChI=1S/C18H11ClN4/c1-23-5-4-11-2-3-12(6-17(11)23)15-7-13(19)8-16-18(15)22-14(9-20)10-21-16/h2-8,10H,1H3. The number of nitrogens with zero attached hydrogens (tertiary/aromatic N) is 4. The van der Waals surface area contributed by atoms with E-state index in [-0.39, 0.29) is 0 Å². The lowest BCUT2D eigenvalue weighted by molar-refractivity contribution is 0.969. The Kier molecular flexibility index (Phi) is 3.03. The molecule has 0 amide bonds. The Morgan fingerprint density at radius 3 is 2.87 bits per heavy atom. The van der Waals surface area contributed by atoms with Crippen LogP contribution in [0.5, 0.6) is 0 Å². The SMILES string of the molecule is Cn1ccc2ccc(-c3cc(Cl)cc4ncc(C#N)nc34)cc21. The zero-order valence-corrected chi connectivity index (χ0v) is 13.0. The van der Waals surface area contributed by atoms with Gasteiger partial charge in [-0.3, -0.25) is 4.98 Å². The van der Waals surface area contributed by atoms with Gasteiger partial charge in [0.1, 0.15) is 6.07 Å². The Morgan fingerprint density at radius 1 is 1.17 bits per heavy atom. The van der Waals surface area contributed by atoms with Crippen LogP contribution in [0.4, 0.5) is 0 Å². The van der Waals surface area contributed by atoms with Crippen LogP contribution < -0.4 is 0 Å². The van der Waals surface area contributed by atoms with Gasteiger partial charge in [-0.15, -0.1) is 0 Å². The van der Waals surface area contributed by atoms with Crippen LogP contribution in [0.1, 0.15) is 5.69 Å². The zero-order chi connectivity index (χ0) is 16.0. The molecule has 0 radical (unpaired) electrons. The van der Waals surface area contributed by atoms with E-state index in [1.165, 1.54) is 11.6 Å². The summed E-state index contributed by atoms with van der Waals surface area (Å²) < 4.78 is 2.07. The fourth-order valence-corrected chi connectivity index (χ4v) is 3.00. The van der Waals surface area contributed by atoms with Gasteiger partial charge in [-0.05, 0) is 35.2 Å². The Hall–Kier alpha value is -2.90. The van der Waals surface area contributed by atoms with E-state index in [9.17, 15) is 0 Å². The zero-order valence-electron chi connectivity index (χ0n) is 12.3. The van der Waals surface area contributed by atoms with E-state index in [0.717, 1.165) is 16.6 Å². The maximum atomic E-state index is 9.08. The van der Waals surface area contributed by atoms with Gasteiger partial charge in [0.2, 0.25) is 0 Å². The normalized spacial score (nSPS) is 11.0. The second kappa shape index (κ2) is 5.08. The van der Waals surface area contributed by atoms with Gasteiger partial charge >= 0.3 is 0 Å². The predicted molar refractivity (Wildman–Crippen MR) is 91.2 cm³/mol. The number of nitriles is 1. The molecule has 4 nitrogen and oxygen atoms in total. The summed E-state index contributed by atoms with van der Waals surface area (Å²) >= 11 is 6.24. The van der Waals surface area contributed by atoms with Gasteiger partial charge in [0, 0.05) is 29.3 Å². The van der Waals surface area contributed by atoms with Gasteiger partial charge in [-0.25, -0.2) is 4.98 Å². The average molecular weight is 319 g/mol. The number of benzene rings is 2. The maximum absolute atomic E-state index is 9.08. The van der Waals surface area contributed by atoms with Crippen LogP contribution in [0.25, 0.3) is 33.1 Å². The van der Waals surface area contributed by atoms with Crippen molar-refractivity contribution in [1.82, 2.24) is 14.5 Å². The van der Waals surface area contributed by atoms with Crippen LogP contribution in [0.2, 0.25) is 5.02 Å². The number of hydrogen-bond donors (Lipinski definition) is 0. The van der Waals surface area contributed by atoms with E-state index in [4.69, 9.17) is 16.9 Å². The minimum Gasteiger partial charge on any atom is -0.351 e. The van der Waals surface area contributed by atoms with Crippen molar-refractivity contribution in [3.63, 3.8) is 0 Å². The maximum Gasteiger partial charge on any atom is 0.159 e. The molecule has 0 N–H and O–H groups in total. The smallest absolute Gasteiger partial charge is 0.159 e. The molecular weight excluding hydrogens is 308 g/mol. The first-order valence-corrected chi connectivity index (χ1v) is 7.45. The van der Waals surface area contributed by atoms with E-state index in [1.807, 2.05) is 31.4 Å². The van der Waals surface area contributed by atoms with Crippen LogP contribution >= 0.6 is 11.6 Å². The molecule has 0 spiro atoms. The molecule has 0 saturated heterocycles. The molecule has 0 atom stereocenters. The van der Waals surface area contributed by atoms with Gasteiger partial charge in [0.25, 0.3) is 0 Å². The summed E-state index contributed by atoms with van der Waals surface area (Å²) in [7, 11) is 2.01. The molecule has 0 aliphatic carbocycles. The summed E-state index contributed by atoms with van der Waals surface area (Å²) in [5, 5.41) is 10.8. The highest BCUT2D eigenvalue weighted by atomic mass is 35.5. The molecule has 2 aromatic heterocycles. The van der Waals surface area contributed by atoms with E-state index in [0.29, 0.717) is 21.7 Å². The summed E-state index contributed by atoms with van der Waals surface area (Å²) in [6, 6.07) is 13.9. The average Bonchev–Trinajstić information content (AvgIpc) is 2.94. The Balaban J connectivity index is 2.05. The highest BCUT2D eigenvalue weighted by Gasteiger charge is 2.11. The third kappa shape index (κ3) is 2.23. The molecule has 0 fully saturated rings. The molecule has 4 aromatic rings. The second-order valence-electron chi connectivity index (χ2n) is 5.39. The summed E-state index contributed by atoms with van der Waals surface area (Å²) in [6.45, 7) is 0. The van der Waals surface area contributed by atoms with Gasteiger partial charge < -0.3 is 4.57 Å². The van der Waals surface area contributed by atoms with Crippen molar-refractivity contribution in [3.8, 4) is 17.2 Å². The van der Waals surface area contributed by atoms with Crippen molar-refractivity contribution in [2.45, 2.75) is 0 Å². The number of hydrogen-bond acceptors (Lipinski definition) is 3. The van der Waals surface area contributed by atoms with Crippen LogP contribution in [-0.4, -0.2) is 14.5 Å². The van der Waals surface area contributed by atoms with Gasteiger partial charge in [-0.2, -0.15) is 5.26 Å². The first-order valence-electron chi connectivity index (χ1n) is 7.07. The van der Waals surface area contributed by atoms with Gasteiger partial charge in [-0.1, -0.05) is 23.7 Å². The molecule has 0 bridgehead atoms. The van der Waals surface area contributed by atoms with Crippen molar-refractivity contribution in [3.05, 3.63) is 59.5 Å². The molecule has 2 aromatic carbocycles. The minimum atomic E-state index is 0.293. The molecule has 110 valence electrons. The molecule has 0 saturated carbocycles. The van der Waals surface area contributed by atoms with Crippen LogP contribution in [0.15, 0.2) is 48.8 Å². The first kappa shape index (κ1) is 13.7. The van der Waals surface area contributed by atoms with Crippen molar-refractivity contribution in [1.29, 1.82) is 5.26 Å². The third-order valence-corrected chi connectivity index (χ3v) is 4.14. The predicted octanol–water partition coefficient (Wildman–Crippen LogP) is 4.31. The van der Waals surface area contributed by atoms with Crippen molar-refractivity contribution in [2.24, 2.45) is 7.05 Å². The molecule has 4 rings (SSSR count). The molecular formula is C18H11ClN4. The molecule has 5 heteroatoms. The number of aryl methyl sites for hydroxylation is 1. The Bertz CT molecular complexity index is 1110. The summed E-state index contributed by atoms with van der Waals surface area (Å²) in [4.78, 5) is 8.71. The van der Waals surface area contributed by atoms with Crippen molar-refractivity contribution < 1.29 is 0 Å². The highest BCUT2D eigenvalue weighted by molar-refractivity contribution is 6.31. The fourth-order valence-electron chi connectivity index (χ4n) is 2.78. The molecule has 0 unspecified atom stereocenters. The number of fused-ring (bicyclic) bond motifs is 2. The van der Waals surface area contributed by atoms with Crippen molar-refractivity contribution in [2.75, 3.05) is 0 Å². The monoisotopic (exact) mass is 318 g/mol. The Morgan fingerprint density at radius 2 is 2.04 bits per heavy atom. The molecule has 0 aliphatic rings. The van der Waals surface area contributed by atoms with Crippen molar-refractivity contribution >= 4 is 33.5 Å². The quantitative estimate of drug-likeness (QED) is 0.525. The molecule has 23 heavy (non-hydrogen) atoms. The first-order chi connectivity index (χ1) is 11.2. The van der Waals surface area contributed by atoms with Gasteiger partial charge in [0.15, 0.2) is 5.69 Å². The molecule has 0 aliphatic heterocycles. The lowest BCUT2D eigenvalue weighted by Crippen LogP contribution is -1.92. The van der Waals surface area contributed by atoms with E-state index in [2.05, 4.69) is 32.7 Å². The summed E-state index contributed by atoms with van der Waals surface area (Å²) in [6.07, 6.45) is 3.49. The number of halogens is 1. The van der Waals surface area contributed by atoms with Crippen LogP contribution in [-0.2, 0) is 7.05 Å². The summed E-state index contributed by atoms with van der Waals surface area (Å²) in [5.41, 5.74) is 4.65. The highest BCUT2D eigenvalue weighted by Crippen LogP contribution is 2.32. The van der Waals surface area contributed by atoms with E-state index < -0.39 is 0 Å². The topological polar surface area (TPSA) is 54.5 Å². The minimum absolute atomic E-state index is 0.293. The number of aromatic nitrogens is 3. The lowest BCUT2D eigenvalue weighted by Gasteiger charge is -2.08. The van der Waals surface area contributed by atoms with Crippen LogP contribution in [0, 0.1) is 11.3 Å². The Labute approximate surface area is 137 Å². The fraction of sp³-hybridized carbons (Fsp3) is 0.0556. The third-order valence-electron chi connectivity index (χ3n) is 3.93. The van der Waals surface area contributed by atoms with Gasteiger partial charge in [0.05, 0.1) is 17.2 Å². The van der Waals surface area contributed by atoms with E-state index in [1.54, 1.807) is 6.07 Å². The lowest BCUT2D eigenvalue weighted by atomic mass is 10.0. The second-order valence-corrected chi connectivity index (χ2v) is 5.82. The summed E-state index contributed by atoms with van der Waals surface area (Å²) in [5.74, 6) is 0. The largest absolute Gasteiger partial charge is 0.351 e. The number of rotatable bonds is 1. The molecule has 2 heterocycles.